The molecule has 1 aromatic rings. The first kappa shape index (κ1) is 11.9. The number of rotatable bonds is 3. The van der Waals surface area contributed by atoms with Crippen molar-refractivity contribution < 1.29 is 9.53 Å². The number of methoxy groups -OCH3 is 1. The van der Waals surface area contributed by atoms with E-state index in [1.807, 2.05) is 0 Å². The molecule has 4 nitrogen and oxygen atoms in total. The fourth-order valence-electron chi connectivity index (χ4n) is 1.35. The number of nitrogens with two attached hydrogens (primary N) is 1. The van der Waals surface area contributed by atoms with Crippen LogP contribution >= 0.6 is 0 Å². The molecular weight excluding hydrogens is 204 g/mol. The average Bonchev–Trinajstić information content (AvgIpc) is 2.28. The molecule has 0 spiro atoms. The van der Waals surface area contributed by atoms with Gasteiger partial charge in [0, 0.05) is 12.7 Å². The van der Waals surface area contributed by atoms with Crippen LogP contribution in [0.2, 0.25) is 0 Å². The number of nitrogens with zero attached hydrogens (tertiary/aromatic N) is 1. The van der Waals surface area contributed by atoms with E-state index in [4.69, 9.17) is 16.9 Å². The number of amides is 1. The molecule has 0 aromatic heterocycles. The van der Waals surface area contributed by atoms with Gasteiger partial charge in [0.15, 0.2) is 0 Å². The van der Waals surface area contributed by atoms with Gasteiger partial charge in [0.05, 0.1) is 13.7 Å². The lowest BCUT2D eigenvalue weighted by Gasteiger charge is -2.17. The van der Waals surface area contributed by atoms with Crippen LogP contribution in [0.3, 0.4) is 0 Å². The molecule has 0 atom stereocenters. The molecule has 0 aliphatic carbocycles. The third kappa shape index (κ3) is 2.26. The first-order chi connectivity index (χ1) is 7.61. The largest absolute Gasteiger partial charge is 0.496 e. The highest BCUT2D eigenvalue weighted by Crippen LogP contribution is 2.25. The molecule has 1 rings (SSSR count). The normalized spacial score (nSPS) is 9.31. The van der Waals surface area contributed by atoms with Crippen LogP contribution in [0.15, 0.2) is 18.2 Å². The first-order valence-electron chi connectivity index (χ1n) is 4.73. The van der Waals surface area contributed by atoms with Crippen molar-refractivity contribution in [2.24, 2.45) is 0 Å². The van der Waals surface area contributed by atoms with E-state index in [-0.39, 0.29) is 12.5 Å². The third-order valence-corrected chi connectivity index (χ3v) is 2.17. The van der Waals surface area contributed by atoms with Crippen LogP contribution in [-0.4, -0.2) is 31.5 Å². The predicted octanol–water partition coefficient (Wildman–Crippen LogP) is 0.983. The van der Waals surface area contributed by atoms with Crippen molar-refractivity contribution in [3.63, 3.8) is 0 Å². The molecule has 84 valence electrons. The van der Waals surface area contributed by atoms with Gasteiger partial charge < -0.3 is 15.4 Å². The van der Waals surface area contributed by atoms with Gasteiger partial charge >= 0.3 is 0 Å². The number of terminal acetylenes is 1. The van der Waals surface area contributed by atoms with Crippen molar-refractivity contribution >= 4 is 11.6 Å². The second kappa shape index (κ2) is 5.08. The summed E-state index contributed by atoms with van der Waals surface area (Å²) < 4.78 is 5.10. The van der Waals surface area contributed by atoms with Crippen LogP contribution in [-0.2, 0) is 0 Å². The lowest BCUT2D eigenvalue weighted by atomic mass is 10.1. The van der Waals surface area contributed by atoms with Gasteiger partial charge in [-0.05, 0) is 12.1 Å². The molecule has 0 aliphatic heterocycles. The summed E-state index contributed by atoms with van der Waals surface area (Å²) in [5.74, 6) is 2.61. The predicted molar refractivity (Wildman–Crippen MR) is 63.2 cm³/mol. The maximum atomic E-state index is 12.0. The SMILES string of the molecule is C#CCN(C)C(=O)c1c(N)cccc1OC. The Hall–Kier alpha value is -2.15. The number of carbonyl (C=O) groups excluding carboxylic acids is 1. The number of anilines is 1. The molecule has 0 unspecified atom stereocenters. The van der Waals surface area contributed by atoms with Gasteiger partial charge in [-0.15, -0.1) is 6.42 Å². The number of hydrogen-bond donors (Lipinski definition) is 1. The number of hydrogen-bond acceptors (Lipinski definition) is 3. The number of ether oxygens (including phenoxy) is 1. The van der Waals surface area contributed by atoms with Crippen LogP contribution in [0.5, 0.6) is 5.75 Å². The van der Waals surface area contributed by atoms with Crippen molar-refractivity contribution in [3.05, 3.63) is 23.8 Å². The summed E-state index contributed by atoms with van der Waals surface area (Å²) in [6.45, 7) is 0.232. The molecule has 0 saturated carbocycles. The highest BCUT2D eigenvalue weighted by molar-refractivity contribution is 6.01. The van der Waals surface area contributed by atoms with Gasteiger partial charge in [-0.25, -0.2) is 0 Å². The fraction of sp³-hybridized carbons (Fsp3) is 0.250. The first-order valence-corrected chi connectivity index (χ1v) is 4.73. The van der Waals surface area contributed by atoms with Crippen molar-refractivity contribution in [2.45, 2.75) is 0 Å². The number of benzene rings is 1. The van der Waals surface area contributed by atoms with E-state index in [2.05, 4.69) is 5.92 Å². The monoisotopic (exact) mass is 218 g/mol. The highest BCUT2D eigenvalue weighted by atomic mass is 16.5. The van der Waals surface area contributed by atoms with Crippen molar-refractivity contribution in [1.82, 2.24) is 4.90 Å². The molecule has 16 heavy (non-hydrogen) atoms. The molecule has 0 fully saturated rings. The highest BCUT2D eigenvalue weighted by Gasteiger charge is 2.18. The second-order valence-electron chi connectivity index (χ2n) is 3.29. The molecule has 2 N–H and O–H groups in total. The zero-order chi connectivity index (χ0) is 12.1. The summed E-state index contributed by atoms with van der Waals surface area (Å²) in [4.78, 5) is 13.4. The van der Waals surface area contributed by atoms with Gasteiger partial charge in [-0.2, -0.15) is 0 Å². The summed E-state index contributed by atoms with van der Waals surface area (Å²) in [6.07, 6.45) is 5.15. The number of carbonyl (C=O) groups is 1. The van der Waals surface area contributed by atoms with E-state index in [0.29, 0.717) is 17.0 Å². The van der Waals surface area contributed by atoms with E-state index in [9.17, 15) is 4.79 Å². The van der Waals surface area contributed by atoms with Crippen molar-refractivity contribution in [3.8, 4) is 18.1 Å². The fourth-order valence-corrected chi connectivity index (χ4v) is 1.35. The minimum absolute atomic E-state index is 0.232. The summed E-state index contributed by atoms with van der Waals surface area (Å²) >= 11 is 0. The van der Waals surface area contributed by atoms with E-state index >= 15 is 0 Å². The molecule has 0 aliphatic rings. The van der Waals surface area contributed by atoms with E-state index in [0.717, 1.165) is 0 Å². The van der Waals surface area contributed by atoms with E-state index in [1.54, 1.807) is 25.2 Å². The quantitative estimate of drug-likeness (QED) is 0.608. The Labute approximate surface area is 95.0 Å². The molecule has 0 saturated heterocycles. The zero-order valence-electron chi connectivity index (χ0n) is 9.36. The average molecular weight is 218 g/mol. The maximum Gasteiger partial charge on any atom is 0.260 e. The Morgan fingerprint density at radius 2 is 2.31 bits per heavy atom. The summed E-state index contributed by atoms with van der Waals surface area (Å²) in [6, 6.07) is 5.07. The standard InChI is InChI=1S/C12H14N2O2/c1-4-8-14(2)12(15)11-9(13)6-5-7-10(11)16-3/h1,5-7H,8,13H2,2-3H3. The van der Waals surface area contributed by atoms with Gasteiger partial charge in [0.25, 0.3) is 5.91 Å². The van der Waals surface area contributed by atoms with Gasteiger partial charge in [-0.3, -0.25) is 4.79 Å². The van der Waals surface area contributed by atoms with E-state index < -0.39 is 0 Å². The molecule has 0 radical (unpaired) electrons. The van der Waals surface area contributed by atoms with Crippen molar-refractivity contribution in [1.29, 1.82) is 0 Å². The van der Waals surface area contributed by atoms with Gasteiger partial charge in [-0.1, -0.05) is 12.0 Å². The van der Waals surface area contributed by atoms with Crippen LogP contribution in [0, 0.1) is 12.3 Å². The lowest BCUT2D eigenvalue weighted by Crippen LogP contribution is -2.28. The zero-order valence-corrected chi connectivity index (χ0v) is 9.36. The Bertz CT molecular complexity index is 435. The Kier molecular flexibility index (Phi) is 3.78. The van der Waals surface area contributed by atoms with Crippen LogP contribution in [0.25, 0.3) is 0 Å². The maximum absolute atomic E-state index is 12.0. The Balaban J connectivity index is 3.12. The Morgan fingerprint density at radius 3 is 2.88 bits per heavy atom. The lowest BCUT2D eigenvalue weighted by molar-refractivity contribution is 0.0810. The van der Waals surface area contributed by atoms with Crippen LogP contribution in [0.1, 0.15) is 10.4 Å². The van der Waals surface area contributed by atoms with Crippen LogP contribution in [0.4, 0.5) is 5.69 Å². The van der Waals surface area contributed by atoms with Gasteiger partial charge in [0.2, 0.25) is 0 Å². The Morgan fingerprint density at radius 1 is 1.62 bits per heavy atom. The van der Waals surface area contributed by atoms with Crippen molar-refractivity contribution in [2.75, 3.05) is 26.4 Å². The number of nitrogen functional groups attached to an aromatic ring is 1. The summed E-state index contributed by atoms with van der Waals surface area (Å²) in [5, 5.41) is 0. The molecule has 0 heterocycles. The summed E-state index contributed by atoms with van der Waals surface area (Å²) in [7, 11) is 3.11. The van der Waals surface area contributed by atoms with Gasteiger partial charge in [0.1, 0.15) is 11.3 Å². The molecular formula is C12H14N2O2. The smallest absolute Gasteiger partial charge is 0.260 e. The molecule has 0 bridgehead atoms. The van der Waals surface area contributed by atoms with Crippen LogP contribution < -0.4 is 10.5 Å². The van der Waals surface area contributed by atoms with E-state index in [1.165, 1.54) is 12.0 Å². The molecule has 4 heteroatoms. The minimum Gasteiger partial charge on any atom is -0.496 e. The minimum atomic E-state index is -0.243. The summed E-state index contributed by atoms with van der Waals surface area (Å²) in [5.41, 5.74) is 6.49. The molecule has 1 aromatic carbocycles. The molecule has 1 amide bonds. The second-order valence-corrected chi connectivity index (χ2v) is 3.29. The topological polar surface area (TPSA) is 55.6 Å². The third-order valence-electron chi connectivity index (χ3n) is 2.17.